The third-order valence-corrected chi connectivity index (χ3v) is 7.67. The summed E-state index contributed by atoms with van der Waals surface area (Å²) in [6, 6.07) is 3.40. The van der Waals surface area contributed by atoms with Crippen molar-refractivity contribution < 1.29 is 14.3 Å². The number of nitrogens with zero attached hydrogens (tertiary/aromatic N) is 4. The van der Waals surface area contributed by atoms with Gasteiger partial charge in [-0.25, -0.2) is 19.3 Å². The maximum atomic E-state index is 14.0. The number of aromatic nitrogens is 5. The van der Waals surface area contributed by atoms with Crippen molar-refractivity contribution in [2.45, 2.75) is 51.6 Å². The van der Waals surface area contributed by atoms with E-state index in [0.717, 1.165) is 36.7 Å². The van der Waals surface area contributed by atoms with Crippen LogP contribution in [0.2, 0.25) is 0 Å². The molecule has 0 saturated heterocycles. The fourth-order valence-corrected chi connectivity index (χ4v) is 6.01. The summed E-state index contributed by atoms with van der Waals surface area (Å²) in [5, 5.41) is 15.0. The average Bonchev–Trinajstić information content (AvgIpc) is 3.43. The van der Waals surface area contributed by atoms with E-state index in [1.54, 1.807) is 6.20 Å². The first-order chi connectivity index (χ1) is 16.4. The predicted molar refractivity (Wildman–Crippen MR) is 127 cm³/mol. The van der Waals surface area contributed by atoms with Crippen molar-refractivity contribution >= 4 is 33.9 Å². The number of carboxylic acids is 1. The maximum absolute atomic E-state index is 14.0. The molecule has 176 valence electrons. The van der Waals surface area contributed by atoms with Crippen LogP contribution in [-0.2, 0) is 4.79 Å². The van der Waals surface area contributed by atoms with E-state index in [2.05, 4.69) is 33.7 Å². The van der Waals surface area contributed by atoms with E-state index in [-0.39, 0.29) is 18.0 Å². The van der Waals surface area contributed by atoms with Crippen molar-refractivity contribution in [3.05, 3.63) is 36.5 Å². The first kappa shape index (κ1) is 21.1. The molecule has 2 bridgehead atoms. The molecule has 0 radical (unpaired) electrons. The van der Waals surface area contributed by atoms with Gasteiger partial charge in [-0.1, -0.05) is 0 Å². The number of H-pyrrole nitrogens is 1. The zero-order valence-corrected chi connectivity index (χ0v) is 19.1. The Bertz CT molecular complexity index is 1400. The zero-order chi connectivity index (χ0) is 23.6. The minimum atomic E-state index is -0.740. The van der Waals surface area contributed by atoms with Crippen LogP contribution in [0.15, 0.2) is 30.7 Å². The van der Waals surface area contributed by atoms with Crippen molar-refractivity contribution in [2.24, 2.45) is 17.8 Å². The van der Waals surface area contributed by atoms with Crippen LogP contribution in [0.1, 0.15) is 45.6 Å². The molecule has 0 amide bonds. The summed E-state index contributed by atoms with van der Waals surface area (Å²) in [7, 11) is 0. The third-order valence-electron chi connectivity index (χ3n) is 7.67. The number of carboxylic acid groups (broad SMARTS) is 1. The van der Waals surface area contributed by atoms with Gasteiger partial charge in [0.1, 0.15) is 22.9 Å². The molecule has 0 aromatic carbocycles. The number of halogens is 1. The van der Waals surface area contributed by atoms with E-state index in [1.165, 1.54) is 12.3 Å². The molecule has 3 N–H and O–H groups in total. The lowest BCUT2D eigenvalue weighted by Gasteiger charge is -2.47. The first-order valence-electron chi connectivity index (χ1n) is 11.9. The largest absolute Gasteiger partial charge is 0.481 e. The summed E-state index contributed by atoms with van der Waals surface area (Å²) in [5.41, 5.74) is 1.97. The second kappa shape index (κ2) is 7.78. The number of pyridine rings is 1. The van der Waals surface area contributed by atoms with E-state index in [0.29, 0.717) is 34.2 Å². The Morgan fingerprint density at radius 2 is 1.97 bits per heavy atom. The average molecular weight is 463 g/mol. The fraction of sp³-hybridized carbons (Fsp3) is 0.440. The molecule has 9 heteroatoms. The first-order valence-corrected chi connectivity index (χ1v) is 11.9. The monoisotopic (exact) mass is 462 g/mol. The summed E-state index contributed by atoms with van der Waals surface area (Å²) in [5.74, 6) is -0.0300. The number of hydrogen-bond donors (Lipinski definition) is 3. The molecule has 2 unspecified atom stereocenters. The lowest BCUT2D eigenvalue weighted by atomic mass is 9.61. The van der Waals surface area contributed by atoms with Crippen molar-refractivity contribution in [3.63, 3.8) is 0 Å². The Morgan fingerprint density at radius 1 is 1.21 bits per heavy atom. The molecule has 4 aromatic heterocycles. The quantitative estimate of drug-likeness (QED) is 0.385. The van der Waals surface area contributed by atoms with Crippen LogP contribution in [-0.4, -0.2) is 41.6 Å². The van der Waals surface area contributed by atoms with Crippen LogP contribution in [0.4, 0.5) is 10.2 Å². The van der Waals surface area contributed by atoms with E-state index < -0.39 is 17.7 Å². The van der Waals surface area contributed by atoms with Crippen LogP contribution in [0.5, 0.6) is 0 Å². The number of aromatic amines is 1. The summed E-state index contributed by atoms with van der Waals surface area (Å²) in [6.45, 7) is 4.17. The molecule has 4 heterocycles. The van der Waals surface area contributed by atoms with Gasteiger partial charge in [0.15, 0.2) is 5.82 Å². The van der Waals surface area contributed by atoms with Gasteiger partial charge in [-0.2, -0.15) is 0 Å². The van der Waals surface area contributed by atoms with Crippen LogP contribution in [0.3, 0.4) is 0 Å². The van der Waals surface area contributed by atoms with Gasteiger partial charge in [0, 0.05) is 35.4 Å². The van der Waals surface area contributed by atoms with Gasteiger partial charge in [-0.3, -0.25) is 4.79 Å². The molecule has 3 aliphatic rings. The standard InChI is InChI=1S/C25H27FN6O2/c1-12(2)32-8-7-16-22(29-20-14-5-3-13(4-6-14)19(20)25(33)34)30-23(31-24(16)32)18-11-28-21-17(18)9-15(26)10-27-21/h7-14,19-20H,3-6H2,1-2H3,(H,27,28)(H,33,34)(H,29,30,31). The summed E-state index contributed by atoms with van der Waals surface area (Å²) in [6.07, 6.45) is 8.92. The molecule has 3 saturated carbocycles. The van der Waals surface area contributed by atoms with Gasteiger partial charge in [0.25, 0.3) is 0 Å². The van der Waals surface area contributed by atoms with E-state index >= 15 is 0 Å². The highest BCUT2D eigenvalue weighted by Gasteiger charge is 2.47. The Kier molecular flexibility index (Phi) is 4.82. The number of fused-ring (bicyclic) bond motifs is 5. The number of carbonyl (C=O) groups is 1. The second-order valence-corrected chi connectivity index (χ2v) is 9.91. The normalized spacial score (nSPS) is 24.4. The Balaban J connectivity index is 1.51. The number of nitrogens with one attached hydrogen (secondary N) is 2. The van der Waals surface area contributed by atoms with Gasteiger partial charge in [0.05, 0.1) is 17.5 Å². The van der Waals surface area contributed by atoms with E-state index in [1.807, 2.05) is 12.3 Å². The summed E-state index contributed by atoms with van der Waals surface area (Å²) >= 11 is 0. The molecule has 3 fully saturated rings. The van der Waals surface area contributed by atoms with Gasteiger partial charge >= 0.3 is 5.97 Å². The zero-order valence-electron chi connectivity index (χ0n) is 19.1. The molecule has 3 aliphatic carbocycles. The van der Waals surface area contributed by atoms with Crippen LogP contribution < -0.4 is 5.32 Å². The third kappa shape index (κ3) is 3.25. The summed E-state index contributed by atoms with van der Waals surface area (Å²) < 4.78 is 16.1. The highest BCUT2D eigenvalue weighted by Crippen LogP contribution is 2.47. The molecule has 2 atom stereocenters. The minimum Gasteiger partial charge on any atom is -0.481 e. The van der Waals surface area contributed by atoms with E-state index in [4.69, 9.17) is 9.97 Å². The fourth-order valence-electron chi connectivity index (χ4n) is 6.01. The Morgan fingerprint density at radius 3 is 2.71 bits per heavy atom. The van der Waals surface area contributed by atoms with Crippen molar-refractivity contribution in [2.75, 3.05) is 5.32 Å². The SMILES string of the molecule is CC(C)n1ccc2c(NC3C4CCC(CC4)C3C(=O)O)nc(-c3c[nH]c4ncc(F)cc34)nc21. The van der Waals surface area contributed by atoms with Crippen molar-refractivity contribution in [1.29, 1.82) is 0 Å². The van der Waals surface area contributed by atoms with Gasteiger partial charge in [-0.05, 0) is 63.5 Å². The van der Waals surface area contributed by atoms with Gasteiger partial charge < -0.3 is 20.0 Å². The lowest BCUT2D eigenvalue weighted by Crippen LogP contribution is -2.51. The smallest absolute Gasteiger partial charge is 0.308 e. The maximum Gasteiger partial charge on any atom is 0.308 e. The Labute approximate surface area is 195 Å². The van der Waals surface area contributed by atoms with Crippen LogP contribution in [0, 0.1) is 23.6 Å². The Hall–Kier alpha value is -3.49. The molecule has 34 heavy (non-hydrogen) atoms. The predicted octanol–water partition coefficient (Wildman–Crippen LogP) is 5.00. The highest BCUT2D eigenvalue weighted by molar-refractivity contribution is 5.95. The summed E-state index contributed by atoms with van der Waals surface area (Å²) in [4.78, 5) is 29.1. The number of rotatable bonds is 5. The van der Waals surface area contributed by atoms with Crippen molar-refractivity contribution in [1.82, 2.24) is 24.5 Å². The van der Waals surface area contributed by atoms with Crippen molar-refractivity contribution in [3.8, 4) is 11.4 Å². The molecule has 8 nitrogen and oxygen atoms in total. The lowest BCUT2D eigenvalue weighted by molar-refractivity contribution is -0.148. The van der Waals surface area contributed by atoms with Gasteiger partial charge in [-0.15, -0.1) is 0 Å². The minimum absolute atomic E-state index is 0.174. The number of anilines is 1. The van der Waals surface area contributed by atoms with Crippen LogP contribution >= 0.6 is 0 Å². The molecular formula is C25H27FN6O2. The van der Waals surface area contributed by atoms with E-state index in [9.17, 15) is 14.3 Å². The number of hydrogen-bond acceptors (Lipinski definition) is 5. The van der Waals surface area contributed by atoms with Gasteiger partial charge in [0.2, 0.25) is 0 Å². The molecule has 7 rings (SSSR count). The highest BCUT2D eigenvalue weighted by atomic mass is 19.1. The van der Waals surface area contributed by atoms with Crippen LogP contribution in [0.25, 0.3) is 33.5 Å². The molecular weight excluding hydrogens is 435 g/mol. The topological polar surface area (TPSA) is 109 Å². The number of aliphatic carboxylic acids is 1. The molecule has 4 aromatic rings. The molecule has 0 spiro atoms. The molecule has 0 aliphatic heterocycles. The second-order valence-electron chi connectivity index (χ2n) is 9.91.